The maximum absolute atomic E-state index is 13.9. The number of ether oxygens (including phenoxy) is 4. The Bertz CT molecular complexity index is 1220. The Labute approximate surface area is 235 Å². The number of hydrazone groups is 1. The molecule has 0 bridgehead atoms. The van der Waals surface area contributed by atoms with Crippen LogP contribution in [0.5, 0.6) is 17.2 Å². The summed E-state index contributed by atoms with van der Waals surface area (Å²) in [5.41, 5.74) is 2.59. The van der Waals surface area contributed by atoms with E-state index in [0.29, 0.717) is 44.2 Å². The van der Waals surface area contributed by atoms with Crippen molar-refractivity contribution in [3.05, 3.63) is 53.6 Å². The largest absolute Gasteiger partial charge is 0.497 e. The summed E-state index contributed by atoms with van der Waals surface area (Å²) in [6, 6.07) is 13.0. The normalized spacial score (nSPS) is 19.2. The summed E-state index contributed by atoms with van der Waals surface area (Å²) < 4.78 is 21.7. The fourth-order valence-electron chi connectivity index (χ4n) is 5.20. The lowest BCUT2D eigenvalue weighted by Crippen LogP contribution is -2.47. The molecule has 1 saturated heterocycles. The third-order valence-electron chi connectivity index (χ3n) is 7.74. The van der Waals surface area contributed by atoms with Crippen LogP contribution in [0, 0.1) is 5.92 Å². The molecule has 1 atom stereocenters. The first kappa shape index (κ1) is 27.9. The van der Waals surface area contributed by atoms with Crippen molar-refractivity contribution in [3.63, 3.8) is 0 Å². The second kappa shape index (κ2) is 12.7. The van der Waals surface area contributed by atoms with Gasteiger partial charge >= 0.3 is 0 Å². The van der Waals surface area contributed by atoms with Crippen LogP contribution in [0.25, 0.3) is 0 Å². The summed E-state index contributed by atoms with van der Waals surface area (Å²) in [7, 11) is 4.81. The molecule has 1 unspecified atom stereocenters. The highest BCUT2D eigenvalue weighted by molar-refractivity contribution is 6.03. The maximum atomic E-state index is 13.9. The Hall–Kier alpha value is -3.63. The number of methoxy groups -OCH3 is 3. The maximum Gasteiger partial charge on any atom is 0.262 e. The zero-order chi connectivity index (χ0) is 28.1. The minimum absolute atomic E-state index is 0.0111. The van der Waals surface area contributed by atoms with Crippen molar-refractivity contribution < 1.29 is 28.5 Å². The van der Waals surface area contributed by atoms with Crippen molar-refractivity contribution >= 4 is 17.5 Å². The summed E-state index contributed by atoms with van der Waals surface area (Å²) in [6.07, 6.45) is 2.30. The SMILES string of the molecule is COc1ccc(C2=NN(C(=O)CN(CCN3CCOCC3)C(=O)C3CC3)C(c3ccc(OC)c(OC)c3)C2)cc1. The van der Waals surface area contributed by atoms with Gasteiger partial charge in [-0.1, -0.05) is 6.07 Å². The number of nitrogens with zero attached hydrogens (tertiary/aromatic N) is 4. The summed E-state index contributed by atoms with van der Waals surface area (Å²) >= 11 is 0. The Morgan fingerprint density at radius 1 is 0.975 bits per heavy atom. The summed E-state index contributed by atoms with van der Waals surface area (Å²) in [5, 5.41) is 6.36. The molecule has 2 aliphatic heterocycles. The Morgan fingerprint density at radius 2 is 1.70 bits per heavy atom. The number of rotatable bonds is 11. The van der Waals surface area contributed by atoms with E-state index in [9.17, 15) is 9.59 Å². The van der Waals surface area contributed by atoms with Gasteiger partial charge in [-0.3, -0.25) is 14.5 Å². The highest BCUT2D eigenvalue weighted by Crippen LogP contribution is 2.38. The van der Waals surface area contributed by atoms with E-state index in [0.717, 1.165) is 48.5 Å². The van der Waals surface area contributed by atoms with Gasteiger partial charge in [0.2, 0.25) is 5.91 Å². The molecule has 0 N–H and O–H groups in total. The average Bonchev–Trinajstić information content (AvgIpc) is 3.76. The molecule has 0 radical (unpaired) electrons. The number of carbonyl (C=O) groups excluding carboxylic acids is 2. The van der Waals surface area contributed by atoms with E-state index in [4.69, 9.17) is 24.0 Å². The van der Waals surface area contributed by atoms with E-state index in [1.807, 2.05) is 42.5 Å². The van der Waals surface area contributed by atoms with Crippen LogP contribution in [0.1, 0.15) is 36.4 Å². The van der Waals surface area contributed by atoms with Gasteiger partial charge in [0.1, 0.15) is 12.3 Å². The molecule has 2 fully saturated rings. The molecule has 1 aliphatic carbocycles. The molecule has 3 aliphatic rings. The predicted octanol–water partition coefficient (Wildman–Crippen LogP) is 2.96. The molecule has 5 rings (SSSR count). The highest BCUT2D eigenvalue weighted by Gasteiger charge is 2.38. The molecule has 40 heavy (non-hydrogen) atoms. The third kappa shape index (κ3) is 6.39. The number of hydrogen-bond acceptors (Lipinski definition) is 8. The van der Waals surface area contributed by atoms with Crippen LogP contribution in [-0.2, 0) is 14.3 Å². The number of benzene rings is 2. The van der Waals surface area contributed by atoms with Gasteiger partial charge in [0.25, 0.3) is 5.91 Å². The van der Waals surface area contributed by atoms with Crippen molar-refractivity contribution in [3.8, 4) is 17.2 Å². The molecule has 2 heterocycles. The third-order valence-corrected chi connectivity index (χ3v) is 7.74. The highest BCUT2D eigenvalue weighted by atomic mass is 16.5. The molecular weight excluding hydrogens is 512 g/mol. The van der Waals surface area contributed by atoms with E-state index >= 15 is 0 Å². The molecule has 2 aromatic carbocycles. The van der Waals surface area contributed by atoms with Gasteiger partial charge in [-0.05, 0) is 60.4 Å². The van der Waals surface area contributed by atoms with Crippen LogP contribution in [0.2, 0.25) is 0 Å². The summed E-state index contributed by atoms with van der Waals surface area (Å²) in [4.78, 5) is 31.1. The number of carbonyl (C=O) groups is 2. The predicted molar refractivity (Wildman–Crippen MR) is 150 cm³/mol. The van der Waals surface area contributed by atoms with Crippen LogP contribution in [0.4, 0.5) is 0 Å². The minimum Gasteiger partial charge on any atom is -0.497 e. The molecular formula is C30H38N4O6. The molecule has 2 amide bonds. The second-order valence-electron chi connectivity index (χ2n) is 10.3. The number of morpholine rings is 1. The lowest BCUT2D eigenvalue weighted by Gasteiger charge is -2.31. The van der Waals surface area contributed by atoms with Crippen LogP contribution < -0.4 is 14.2 Å². The average molecular weight is 551 g/mol. The van der Waals surface area contributed by atoms with Gasteiger partial charge in [-0.2, -0.15) is 5.10 Å². The lowest BCUT2D eigenvalue weighted by molar-refractivity contribution is -0.142. The first-order valence-electron chi connectivity index (χ1n) is 13.9. The van der Waals surface area contributed by atoms with Crippen molar-refractivity contribution in [1.29, 1.82) is 0 Å². The zero-order valence-corrected chi connectivity index (χ0v) is 23.5. The van der Waals surface area contributed by atoms with E-state index < -0.39 is 0 Å². The standard InChI is InChI=1S/C30H38N4O6/c1-37-24-9-6-21(7-10-24)25-19-26(23-8-11-27(38-2)28(18-23)39-3)34(31-25)29(35)20-33(30(36)22-4-5-22)13-12-32-14-16-40-17-15-32/h6-11,18,22,26H,4-5,12-17,19-20H2,1-3H3. The van der Waals surface area contributed by atoms with Crippen molar-refractivity contribution in [2.24, 2.45) is 11.0 Å². The van der Waals surface area contributed by atoms with Crippen LogP contribution in [0.3, 0.4) is 0 Å². The van der Waals surface area contributed by atoms with E-state index in [-0.39, 0.29) is 30.3 Å². The van der Waals surface area contributed by atoms with Crippen molar-refractivity contribution in [2.45, 2.75) is 25.3 Å². The summed E-state index contributed by atoms with van der Waals surface area (Å²) in [6.45, 7) is 4.27. The molecule has 10 nitrogen and oxygen atoms in total. The Kier molecular flexibility index (Phi) is 8.86. The van der Waals surface area contributed by atoms with E-state index in [2.05, 4.69) is 4.90 Å². The van der Waals surface area contributed by atoms with Crippen molar-refractivity contribution in [1.82, 2.24) is 14.8 Å². The topological polar surface area (TPSA) is 93.1 Å². The fourth-order valence-corrected chi connectivity index (χ4v) is 5.20. The van der Waals surface area contributed by atoms with E-state index in [1.165, 1.54) is 0 Å². The Balaban J connectivity index is 1.39. The Morgan fingerprint density at radius 3 is 2.35 bits per heavy atom. The van der Waals surface area contributed by atoms with Crippen LogP contribution in [0.15, 0.2) is 47.6 Å². The fraction of sp³-hybridized carbons (Fsp3) is 0.500. The van der Waals surface area contributed by atoms with E-state index in [1.54, 1.807) is 31.2 Å². The summed E-state index contributed by atoms with van der Waals surface area (Å²) in [5.74, 6) is 1.82. The monoisotopic (exact) mass is 550 g/mol. The van der Waals surface area contributed by atoms with Crippen LogP contribution in [-0.4, -0.2) is 99.6 Å². The van der Waals surface area contributed by atoms with Crippen LogP contribution >= 0.6 is 0 Å². The zero-order valence-electron chi connectivity index (χ0n) is 23.5. The first-order valence-corrected chi connectivity index (χ1v) is 13.9. The molecule has 10 heteroatoms. The van der Waals surface area contributed by atoms with Gasteiger partial charge in [-0.15, -0.1) is 0 Å². The molecule has 2 aromatic rings. The second-order valence-corrected chi connectivity index (χ2v) is 10.3. The van der Waals surface area contributed by atoms with Gasteiger partial charge < -0.3 is 23.8 Å². The molecule has 0 spiro atoms. The smallest absolute Gasteiger partial charge is 0.262 e. The van der Waals surface area contributed by atoms with Gasteiger partial charge in [-0.25, -0.2) is 5.01 Å². The van der Waals surface area contributed by atoms with Gasteiger partial charge in [0, 0.05) is 38.5 Å². The molecule has 0 aromatic heterocycles. The molecule has 214 valence electrons. The molecule has 1 saturated carbocycles. The van der Waals surface area contributed by atoms with Gasteiger partial charge in [0.05, 0.1) is 46.3 Å². The first-order chi connectivity index (χ1) is 19.5. The minimum atomic E-state index is -0.346. The van der Waals surface area contributed by atoms with Gasteiger partial charge in [0.15, 0.2) is 11.5 Å². The lowest BCUT2D eigenvalue weighted by atomic mass is 9.98. The van der Waals surface area contributed by atoms with Crippen molar-refractivity contribution in [2.75, 3.05) is 67.3 Å². The number of hydrogen-bond donors (Lipinski definition) is 0. The quantitative estimate of drug-likeness (QED) is 0.425. The number of amides is 2.